The zero-order chi connectivity index (χ0) is 28.1. The van der Waals surface area contributed by atoms with Gasteiger partial charge >= 0.3 is 0 Å². The van der Waals surface area contributed by atoms with Crippen LogP contribution in [0.1, 0.15) is 32.0 Å². The molecule has 2 fully saturated rings. The molecule has 0 spiro atoms. The van der Waals surface area contributed by atoms with E-state index in [0.29, 0.717) is 41.5 Å². The molecular formula is C30H38N8O2. The Hall–Kier alpha value is -3.94. The van der Waals surface area contributed by atoms with E-state index in [4.69, 9.17) is 15.5 Å². The molecular weight excluding hydrogens is 504 g/mol. The molecule has 3 N–H and O–H groups in total. The second-order valence-corrected chi connectivity index (χ2v) is 10.8. The Labute approximate surface area is 236 Å². The van der Waals surface area contributed by atoms with E-state index in [1.807, 2.05) is 24.3 Å². The van der Waals surface area contributed by atoms with Gasteiger partial charge in [-0.25, -0.2) is 9.97 Å². The molecule has 2 aromatic heterocycles. The summed E-state index contributed by atoms with van der Waals surface area (Å²) in [4.78, 5) is 15.9. The Morgan fingerprint density at radius 1 is 1.12 bits per heavy atom. The van der Waals surface area contributed by atoms with Crippen LogP contribution in [0, 0.1) is 17.8 Å². The summed E-state index contributed by atoms with van der Waals surface area (Å²) >= 11 is 0. The molecule has 1 aromatic carbocycles. The molecule has 1 aliphatic carbocycles. The Balaban J connectivity index is 1.21. The van der Waals surface area contributed by atoms with Crippen molar-refractivity contribution in [2.24, 2.45) is 5.92 Å². The van der Waals surface area contributed by atoms with Crippen LogP contribution in [0.15, 0.2) is 42.6 Å². The van der Waals surface area contributed by atoms with E-state index in [2.05, 4.69) is 62.7 Å². The van der Waals surface area contributed by atoms with Crippen molar-refractivity contribution >= 4 is 17.3 Å². The van der Waals surface area contributed by atoms with Crippen LogP contribution < -0.4 is 15.5 Å². The first-order chi connectivity index (χ1) is 19.4. The first-order valence-electron chi connectivity index (χ1n) is 13.9. The summed E-state index contributed by atoms with van der Waals surface area (Å²) in [6.07, 6.45) is 5.06. The van der Waals surface area contributed by atoms with Crippen LogP contribution in [-0.4, -0.2) is 89.2 Å². The van der Waals surface area contributed by atoms with E-state index in [1.54, 1.807) is 18.3 Å². The second kappa shape index (κ2) is 12.5. The number of aromatic hydroxyl groups is 1. The number of hydrogen-bond donors (Lipinski definition) is 2. The lowest BCUT2D eigenvalue weighted by molar-refractivity contribution is 0.0413. The zero-order valence-electron chi connectivity index (χ0n) is 23.5. The van der Waals surface area contributed by atoms with Crippen molar-refractivity contribution in [2.75, 3.05) is 62.5 Å². The van der Waals surface area contributed by atoms with Crippen molar-refractivity contribution in [3.8, 4) is 28.8 Å². The lowest BCUT2D eigenvalue weighted by Crippen LogP contribution is -2.42. The topological polar surface area (TPSA) is 117 Å². The van der Waals surface area contributed by atoms with Gasteiger partial charge < -0.3 is 30.3 Å². The molecule has 1 aliphatic heterocycles. The Bertz CT molecular complexity index is 1370. The number of benzene rings is 1. The number of nitrogens with two attached hydrogens (primary N) is 1. The highest BCUT2D eigenvalue weighted by Gasteiger charge is 2.30. The van der Waals surface area contributed by atoms with Crippen molar-refractivity contribution in [3.63, 3.8) is 0 Å². The minimum atomic E-state index is 0.161. The number of phenols is 1. The molecule has 10 nitrogen and oxygen atoms in total. The Morgan fingerprint density at radius 3 is 2.75 bits per heavy atom. The molecule has 10 heteroatoms. The highest BCUT2D eigenvalue weighted by Crippen LogP contribution is 2.32. The summed E-state index contributed by atoms with van der Waals surface area (Å²) in [7, 11) is 4.26. The van der Waals surface area contributed by atoms with E-state index in [0.717, 1.165) is 44.2 Å². The predicted molar refractivity (Wildman–Crippen MR) is 157 cm³/mol. The maximum Gasteiger partial charge on any atom is 0.206 e. The summed E-state index contributed by atoms with van der Waals surface area (Å²) < 4.78 is 5.78. The summed E-state index contributed by atoms with van der Waals surface area (Å²) in [5.74, 6) is 8.66. The van der Waals surface area contributed by atoms with Crippen molar-refractivity contribution in [1.29, 1.82) is 0 Å². The highest BCUT2D eigenvalue weighted by molar-refractivity contribution is 5.74. The minimum Gasteiger partial charge on any atom is -0.507 e. The van der Waals surface area contributed by atoms with Crippen LogP contribution >= 0.6 is 0 Å². The van der Waals surface area contributed by atoms with E-state index in [9.17, 15) is 5.11 Å². The summed E-state index contributed by atoms with van der Waals surface area (Å²) in [6.45, 7) is 5.63. The zero-order valence-corrected chi connectivity index (χ0v) is 23.5. The number of rotatable bonds is 7. The third-order valence-electron chi connectivity index (χ3n) is 7.89. The fraction of sp³-hybridized carbons (Fsp3) is 0.467. The summed E-state index contributed by atoms with van der Waals surface area (Å²) in [5, 5.41) is 18.7. The van der Waals surface area contributed by atoms with E-state index < -0.39 is 0 Å². The predicted octanol–water partition coefficient (Wildman–Crippen LogP) is 3.03. The van der Waals surface area contributed by atoms with Crippen molar-refractivity contribution in [1.82, 2.24) is 25.1 Å². The number of nitrogens with zero attached hydrogens (tertiary/aromatic N) is 7. The van der Waals surface area contributed by atoms with Gasteiger partial charge in [-0.15, -0.1) is 10.2 Å². The molecule has 5 rings (SSSR count). The number of phenolic OH excluding ortho intramolecular Hbond substituents is 1. The minimum absolute atomic E-state index is 0.161. The van der Waals surface area contributed by atoms with Gasteiger partial charge in [0.2, 0.25) is 5.82 Å². The molecule has 1 saturated carbocycles. The molecule has 2 aliphatic rings. The first kappa shape index (κ1) is 27.6. The molecule has 210 valence electrons. The van der Waals surface area contributed by atoms with Crippen molar-refractivity contribution in [3.05, 3.63) is 48.4 Å². The number of nitrogen functional groups attached to an aromatic ring is 1. The van der Waals surface area contributed by atoms with Gasteiger partial charge in [-0.3, -0.25) is 0 Å². The number of hydrogen-bond acceptors (Lipinski definition) is 10. The van der Waals surface area contributed by atoms with Crippen LogP contribution in [0.25, 0.3) is 11.3 Å². The van der Waals surface area contributed by atoms with Gasteiger partial charge in [-0.1, -0.05) is 18.1 Å². The molecule has 0 bridgehead atoms. The SMILES string of the molecule is CC1CCN(c2cc(-c3ccccc3O)nnc2N)CCN1c1ccnc(C#CCOCC2CC(N(C)C)C2)n1. The number of aromatic nitrogens is 4. The third-order valence-corrected chi connectivity index (χ3v) is 7.89. The summed E-state index contributed by atoms with van der Waals surface area (Å²) in [5.41, 5.74) is 8.29. The van der Waals surface area contributed by atoms with Gasteiger partial charge in [0.25, 0.3) is 0 Å². The maximum absolute atomic E-state index is 10.3. The molecule has 40 heavy (non-hydrogen) atoms. The number of anilines is 3. The number of para-hydroxylation sites is 1. The molecule has 0 amide bonds. The monoisotopic (exact) mass is 542 g/mol. The van der Waals surface area contributed by atoms with Crippen LogP contribution in [0.2, 0.25) is 0 Å². The molecule has 1 atom stereocenters. The van der Waals surface area contributed by atoms with Gasteiger partial charge in [0.05, 0.1) is 18.0 Å². The van der Waals surface area contributed by atoms with Gasteiger partial charge in [0.1, 0.15) is 18.2 Å². The lowest BCUT2D eigenvalue weighted by Gasteiger charge is -2.39. The van der Waals surface area contributed by atoms with Crippen LogP contribution in [0.3, 0.4) is 0 Å². The quantitative estimate of drug-likeness (QED) is 0.341. The van der Waals surface area contributed by atoms with E-state index in [-0.39, 0.29) is 11.8 Å². The Morgan fingerprint density at radius 2 is 1.95 bits per heavy atom. The normalized spacial score (nSPS) is 20.9. The fourth-order valence-electron chi connectivity index (χ4n) is 5.33. The van der Waals surface area contributed by atoms with Gasteiger partial charge in [-0.2, -0.15) is 0 Å². The smallest absolute Gasteiger partial charge is 0.206 e. The van der Waals surface area contributed by atoms with Crippen LogP contribution in [0.4, 0.5) is 17.3 Å². The first-order valence-corrected chi connectivity index (χ1v) is 13.9. The van der Waals surface area contributed by atoms with E-state index >= 15 is 0 Å². The van der Waals surface area contributed by atoms with Crippen molar-refractivity contribution in [2.45, 2.75) is 38.3 Å². The molecule has 3 heterocycles. The van der Waals surface area contributed by atoms with Gasteiger partial charge in [-0.05, 0) is 76.4 Å². The summed E-state index contributed by atoms with van der Waals surface area (Å²) in [6, 6.07) is 11.9. The molecule has 1 unspecified atom stereocenters. The Kier molecular flexibility index (Phi) is 8.63. The lowest BCUT2D eigenvalue weighted by atomic mass is 9.80. The second-order valence-electron chi connectivity index (χ2n) is 10.8. The largest absolute Gasteiger partial charge is 0.507 e. The third kappa shape index (κ3) is 6.43. The van der Waals surface area contributed by atoms with E-state index in [1.165, 1.54) is 12.8 Å². The highest BCUT2D eigenvalue weighted by atomic mass is 16.5. The van der Waals surface area contributed by atoms with Crippen molar-refractivity contribution < 1.29 is 9.84 Å². The molecule has 0 radical (unpaired) electrons. The molecule has 3 aromatic rings. The van der Waals surface area contributed by atoms with Crippen LogP contribution in [0.5, 0.6) is 5.75 Å². The van der Waals surface area contributed by atoms with Gasteiger partial charge in [0.15, 0.2) is 5.82 Å². The molecule has 1 saturated heterocycles. The van der Waals surface area contributed by atoms with Gasteiger partial charge in [0, 0.05) is 43.5 Å². The standard InChI is InChI=1S/C30H38N8O2/c1-21-11-13-37(26-19-25(34-35-30(26)31)24-7-4-5-8-27(24)39)14-15-38(21)29-10-12-32-28(33-29)9-6-16-40-20-22-17-23(18-22)36(2)3/h4-5,7-8,10,12,19,21-23,39H,11,13-18,20H2,1-3H3,(H2,31,35). The van der Waals surface area contributed by atoms with Crippen LogP contribution in [-0.2, 0) is 4.74 Å². The number of ether oxygens (including phenoxy) is 1. The maximum atomic E-state index is 10.3. The average molecular weight is 543 g/mol. The fourth-order valence-corrected chi connectivity index (χ4v) is 5.33. The average Bonchev–Trinajstić information content (AvgIpc) is 3.11.